The number of hydrogen-bond acceptors (Lipinski definition) is 4. The molecular formula is C24H32N4. The standard InChI is InChI=1S/C24H32N4/c1-22-11-17-12-23(2,14-22)16-24(13-17,15-22)27-20-18-7-3-4-8-19(18)25-21(26-20)28-9-5-6-10-28/h3-4,7-8,17H,5-6,9-16H2,1-2H3,(H,25,26,27)/t17?,22-,23+,24?. The molecule has 2 heterocycles. The summed E-state index contributed by atoms with van der Waals surface area (Å²) < 4.78 is 0. The van der Waals surface area contributed by atoms with Gasteiger partial charge in [0.25, 0.3) is 0 Å². The molecule has 1 saturated heterocycles. The fourth-order valence-corrected chi connectivity index (χ4v) is 8.06. The summed E-state index contributed by atoms with van der Waals surface area (Å²) in [6, 6.07) is 8.55. The first kappa shape index (κ1) is 17.1. The van der Waals surface area contributed by atoms with Crippen molar-refractivity contribution < 1.29 is 0 Å². The minimum atomic E-state index is 0.211. The summed E-state index contributed by atoms with van der Waals surface area (Å²) in [5.41, 5.74) is 2.29. The average Bonchev–Trinajstić information content (AvgIpc) is 3.13. The zero-order valence-corrected chi connectivity index (χ0v) is 17.3. The maximum absolute atomic E-state index is 5.11. The molecule has 7 rings (SSSR count). The third-order valence-electron chi connectivity index (χ3n) is 7.99. The Bertz CT molecular complexity index is 913. The molecule has 1 aromatic carbocycles. The van der Waals surface area contributed by atoms with Crippen molar-refractivity contribution in [3.8, 4) is 0 Å². The first-order chi connectivity index (χ1) is 13.4. The number of anilines is 2. The highest BCUT2D eigenvalue weighted by molar-refractivity contribution is 5.90. The Morgan fingerprint density at radius 1 is 0.929 bits per heavy atom. The summed E-state index contributed by atoms with van der Waals surface area (Å²) >= 11 is 0. The molecule has 5 aliphatic rings. The molecule has 0 amide bonds. The number of nitrogens with zero attached hydrogens (tertiary/aromatic N) is 3. The Hall–Kier alpha value is -1.84. The lowest BCUT2D eigenvalue weighted by molar-refractivity contribution is -0.0973. The molecule has 4 atom stereocenters. The van der Waals surface area contributed by atoms with Gasteiger partial charge in [-0.05, 0) is 80.2 Å². The topological polar surface area (TPSA) is 41.1 Å². The van der Waals surface area contributed by atoms with Crippen molar-refractivity contribution in [3.05, 3.63) is 24.3 Å². The molecule has 0 radical (unpaired) electrons. The van der Waals surface area contributed by atoms with Crippen LogP contribution < -0.4 is 10.2 Å². The molecule has 1 aromatic heterocycles. The van der Waals surface area contributed by atoms with Crippen molar-refractivity contribution >= 4 is 22.7 Å². The van der Waals surface area contributed by atoms with E-state index < -0.39 is 0 Å². The summed E-state index contributed by atoms with van der Waals surface area (Å²) in [4.78, 5) is 12.4. The largest absolute Gasteiger partial charge is 0.364 e. The number of benzene rings is 1. The van der Waals surface area contributed by atoms with Crippen LogP contribution >= 0.6 is 0 Å². The van der Waals surface area contributed by atoms with Crippen molar-refractivity contribution in [1.29, 1.82) is 0 Å². The van der Waals surface area contributed by atoms with Gasteiger partial charge < -0.3 is 10.2 Å². The lowest BCUT2D eigenvalue weighted by Crippen LogP contribution is -2.61. The SMILES string of the molecule is C[C@]12CC3CC(Nc4nc(N5CCCC5)nc5ccccc45)(C1)C[C@@](C)(C3)C2. The van der Waals surface area contributed by atoms with Gasteiger partial charge in [-0.2, -0.15) is 4.98 Å². The number of nitrogens with one attached hydrogen (secondary N) is 1. The van der Waals surface area contributed by atoms with E-state index in [1.165, 1.54) is 56.8 Å². The van der Waals surface area contributed by atoms with Crippen molar-refractivity contribution in [2.24, 2.45) is 16.7 Å². The first-order valence-corrected chi connectivity index (χ1v) is 11.2. The van der Waals surface area contributed by atoms with Gasteiger partial charge in [0.15, 0.2) is 0 Å². The molecule has 2 unspecified atom stereocenters. The highest BCUT2D eigenvalue weighted by Crippen LogP contribution is 2.66. The summed E-state index contributed by atoms with van der Waals surface area (Å²) in [6.45, 7) is 7.25. The number of rotatable bonds is 3. The average molecular weight is 377 g/mol. The molecule has 4 saturated carbocycles. The second-order valence-electron chi connectivity index (χ2n) is 11.1. The van der Waals surface area contributed by atoms with Gasteiger partial charge in [0.2, 0.25) is 5.95 Å². The van der Waals surface area contributed by atoms with E-state index in [1.54, 1.807) is 0 Å². The molecule has 4 nitrogen and oxygen atoms in total. The Morgan fingerprint density at radius 2 is 1.64 bits per heavy atom. The minimum absolute atomic E-state index is 0.211. The van der Waals surface area contributed by atoms with Crippen molar-refractivity contribution in [2.75, 3.05) is 23.3 Å². The predicted molar refractivity (Wildman–Crippen MR) is 115 cm³/mol. The van der Waals surface area contributed by atoms with Crippen molar-refractivity contribution in [2.45, 2.75) is 70.8 Å². The quantitative estimate of drug-likeness (QED) is 0.780. The Balaban J connectivity index is 1.43. The maximum atomic E-state index is 5.11. The van der Waals surface area contributed by atoms with E-state index in [2.05, 4.69) is 48.3 Å². The second kappa shape index (κ2) is 5.61. The zero-order valence-electron chi connectivity index (χ0n) is 17.3. The summed E-state index contributed by atoms with van der Waals surface area (Å²) in [7, 11) is 0. The van der Waals surface area contributed by atoms with E-state index in [9.17, 15) is 0 Å². The van der Waals surface area contributed by atoms with E-state index in [-0.39, 0.29) is 5.54 Å². The molecule has 148 valence electrons. The lowest BCUT2D eigenvalue weighted by atomic mass is 9.43. The summed E-state index contributed by atoms with van der Waals surface area (Å²) in [6.07, 6.45) is 10.7. The predicted octanol–water partition coefficient (Wildman–Crippen LogP) is 5.39. The molecule has 28 heavy (non-hydrogen) atoms. The molecule has 2 aromatic rings. The van der Waals surface area contributed by atoms with E-state index in [4.69, 9.17) is 9.97 Å². The molecule has 4 heteroatoms. The van der Waals surface area contributed by atoms with Crippen LogP contribution in [0.2, 0.25) is 0 Å². The van der Waals surface area contributed by atoms with Crippen LogP contribution in [-0.4, -0.2) is 28.6 Å². The van der Waals surface area contributed by atoms with E-state index in [0.29, 0.717) is 10.8 Å². The number of aromatic nitrogens is 2. The van der Waals surface area contributed by atoms with Gasteiger partial charge >= 0.3 is 0 Å². The Kier molecular flexibility index (Phi) is 3.42. The first-order valence-electron chi connectivity index (χ1n) is 11.2. The highest BCUT2D eigenvalue weighted by Gasteiger charge is 2.60. The monoisotopic (exact) mass is 376 g/mol. The van der Waals surface area contributed by atoms with Crippen LogP contribution in [0, 0.1) is 16.7 Å². The van der Waals surface area contributed by atoms with E-state index in [0.717, 1.165) is 36.3 Å². The fourth-order valence-electron chi connectivity index (χ4n) is 8.06. The van der Waals surface area contributed by atoms with Crippen LogP contribution in [0.3, 0.4) is 0 Å². The summed E-state index contributed by atoms with van der Waals surface area (Å²) in [5, 5.41) is 5.24. The third kappa shape index (κ3) is 2.63. The van der Waals surface area contributed by atoms with Gasteiger partial charge in [0.05, 0.1) is 5.52 Å². The van der Waals surface area contributed by atoms with Gasteiger partial charge in [0.1, 0.15) is 5.82 Å². The lowest BCUT2D eigenvalue weighted by Gasteiger charge is -2.65. The number of fused-ring (bicyclic) bond motifs is 1. The molecule has 4 bridgehead atoms. The minimum Gasteiger partial charge on any atom is -0.364 e. The maximum Gasteiger partial charge on any atom is 0.227 e. The molecule has 5 fully saturated rings. The molecular weight excluding hydrogens is 344 g/mol. The van der Waals surface area contributed by atoms with Gasteiger partial charge in [0, 0.05) is 24.0 Å². The number of hydrogen-bond donors (Lipinski definition) is 1. The molecule has 4 aliphatic carbocycles. The van der Waals surface area contributed by atoms with Crippen molar-refractivity contribution in [3.63, 3.8) is 0 Å². The smallest absolute Gasteiger partial charge is 0.227 e. The van der Waals surface area contributed by atoms with Crippen molar-refractivity contribution in [1.82, 2.24) is 9.97 Å². The van der Waals surface area contributed by atoms with Crippen LogP contribution in [0.1, 0.15) is 65.2 Å². The molecule has 0 spiro atoms. The van der Waals surface area contributed by atoms with E-state index >= 15 is 0 Å². The van der Waals surface area contributed by atoms with Gasteiger partial charge in [-0.25, -0.2) is 4.98 Å². The number of para-hydroxylation sites is 1. The molecule has 1 N–H and O–H groups in total. The van der Waals surface area contributed by atoms with Crippen LogP contribution in [0.5, 0.6) is 0 Å². The van der Waals surface area contributed by atoms with E-state index in [1.807, 2.05) is 0 Å². The zero-order chi connectivity index (χ0) is 19.0. The Labute approximate surface area is 168 Å². The second-order valence-corrected chi connectivity index (χ2v) is 11.1. The molecule has 1 aliphatic heterocycles. The highest BCUT2D eigenvalue weighted by atomic mass is 15.3. The van der Waals surface area contributed by atoms with Crippen LogP contribution in [0.15, 0.2) is 24.3 Å². The van der Waals surface area contributed by atoms with Crippen LogP contribution in [-0.2, 0) is 0 Å². The fraction of sp³-hybridized carbons (Fsp3) is 0.667. The Morgan fingerprint density at radius 3 is 2.36 bits per heavy atom. The summed E-state index contributed by atoms with van der Waals surface area (Å²) in [5.74, 6) is 2.87. The van der Waals surface area contributed by atoms with Gasteiger partial charge in [-0.1, -0.05) is 26.0 Å². The normalized spacial score (nSPS) is 39.1. The van der Waals surface area contributed by atoms with Gasteiger partial charge in [-0.3, -0.25) is 0 Å². The van der Waals surface area contributed by atoms with Crippen LogP contribution in [0.4, 0.5) is 11.8 Å². The van der Waals surface area contributed by atoms with Crippen LogP contribution in [0.25, 0.3) is 10.9 Å². The third-order valence-corrected chi connectivity index (χ3v) is 7.99. The van der Waals surface area contributed by atoms with Gasteiger partial charge in [-0.15, -0.1) is 0 Å².